The van der Waals surface area contributed by atoms with E-state index in [0.29, 0.717) is 5.69 Å². The molecule has 6 heteroatoms. The number of rotatable bonds is 1. The summed E-state index contributed by atoms with van der Waals surface area (Å²) in [4.78, 5) is -0.147. The van der Waals surface area contributed by atoms with Gasteiger partial charge in [0, 0.05) is 5.69 Å². The number of hydrogen-bond donors (Lipinski definition) is 2. The third kappa shape index (κ3) is 2.87. The van der Waals surface area contributed by atoms with E-state index in [0.717, 1.165) is 0 Å². The normalized spacial score (nSPS) is 10.4. The van der Waals surface area contributed by atoms with Gasteiger partial charge in [0.1, 0.15) is 0 Å². The van der Waals surface area contributed by atoms with Crippen molar-refractivity contribution < 1.29 is 13.0 Å². The zero-order valence-electron chi connectivity index (χ0n) is 5.56. The number of anilines is 1. The van der Waals surface area contributed by atoms with Crippen molar-refractivity contribution in [2.45, 2.75) is 4.90 Å². The summed E-state index contributed by atoms with van der Waals surface area (Å²) >= 11 is 0. The Bertz CT molecular complexity index is 346. The average Bonchev–Trinajstić information content (AvgIpc) is 1.86. The topological polar surface area (TPSA) is 80.4 Å². The van der Waals surface area contributed by atoms with Crippen molar-refractivity contribution >= 4 is 34.7 Å². The molecule has 0 bridgehead atoms. The van der Waals surface area contributed by atoms with E-state index in [9.17, 15) is 8.42 Å². The third-order valence-electron chi connectivity index (χ3n) is 1.18. The van der Waals surface area contributed by atoms with Gasteiger partial charge in [0.15, 0.2) is 0 Å². The molecule has 0 amide bonds. The molecule has 62 valence electrons. The van der Waals surface area contributed by atoms with Crippen LogP contribution in [0.15, 0.2) is 29.2 Å². The van der Waals surface area contributed by atoms with Crippen LogP contribution in [0.1, 0.15) is 0 Å². The fourth-order valence-corrected chi connectivity index (χ4v) is 1.12. The molecule has 0 aliphatic rings. The van der Waals surface area contributed by atoms with Crippen molar-refractivity contribution in [1.82, 2.24) is 0 Å². The van der Waals surface area contributed by atoms with Crippen molar-refractivity contribution in [2.24, 2.45) is 0 Å². The molecule has 0 saturated heterocycles. The summed E-state index contributed by atoms with van der Waals surface area (Å²) < 4.78 is 29.4. The molecule has 3 N–H and O–H groups in total. The van der Waals surface area contributed by atoms with Crippen LogP contribution in [0.4, 0.5) is 5.69 Å². The van der Waals surface area contributed by atoms with Gasteiger partial charge in [-0.15, -0.1) is 0 Å². The van der Waals surface area contributed by atoms with E-state index in [1.807, 2.05) is 0 Å². The van der Waals surface area contributed by atoms with Gasteiger partial charge >= 0.3 is 18.9 Å². The maximum absolute atomic E-state index is 10.5. The zero-order valence-corrected chi connectivity index (χ0v) is 6.38. The molecule has 0 aliphatic heterocycles. The molecule has 4 nitrogen and oxygen atoms in total. The second-order valence-electron chi connectivity index (χ2n) is 2.04. The van der Waals surface area contributed by atoms with Gasteiger partial charge in [-0.25, -0.2) is 0 Å². The Labute approximate surface area is 82.7 Å². The van der Waals surface area contributed by atoms with Crippen LogP contribution < -0.4 is 5.73 Å². The first-order valence-corrected chi connectivity index (χ1v) is 4.27. The van der Waals surface area contributed by atoms with Crippen LogP contribution >= 0.6 is 0 Å². The molecule has 0 aromatic heterocycles. The molecule has 0 heterocycles. The first-order chi connectivity index (χ1) is 5.00. The Morgan fingerprint density at radius 2 is 1.58 bits per heavy atom. The van der Waals surface area contributed by atoms with Gasteiger partial charge in [-0.1, -0.05) is 0 Å². The van der Waals surface area contributed by atoms with Crippen LogP contribution in [0.25, 0.3) is 0 Å². The van der Waals surface area contributed by atoms with Crippen LogP contribution in [0.5, 0.6) is 0 Å². The van der Waals surface area contributed by atoms with Crippen LogP contribution in [-0.4, -0.2) is 31.8 Å². The molecule has 0 atom stereocenters. The molecule has 0 aliphatic carbocycles. The Morgan fingerprint density at radius 1 is 1.17 bits per heavy atom. The summed E-state index contributed by atoms with van der Waals surface area (Å²) in [6.45, 7) is 0. The Kier molecular flexibility index (Phi) is 3.81. The predicted octanol–water partition coefficient (Wildman–Crippen LogP) is -0.133. The van der Waals surface area contributed by atoms with Crippen LogP contribution in [0, 0.1) is 0 Å². The Balaban J connectivity index is 0.00000121. The van der Waals surface area contributed by atoms with E-state index in [-0.39, 0.29) is 23.8 Å². The first kappa shape index (κ1) is 11.5. The predicted molar refractivity (Wildman–Crippen MR) is 47.8 cm³/mol. The number of nitrogen functional groups attached to an aromatic ring is 1. The molecule has 0 radical (unpaired) electrons. The van der Waals surface area contributed by atoms with Crippen LogP contribution in [0.3, 0.4) is 0 Å². The number of nitrogens with two attached hydrogens (primary N) is 1. The van der Waals surface area contributed by atoms with E-state index >= 15 is 0 Å². The molecular weight excluding hydrogens is 173 g/mol. The van der Waals surface area contributed by atoms with Gasteiger partial charge in [0.05, 0.1) is 4.90 Å². The van der Waals surface area contributed by atoms with E-state index < -0.39 is 10.1 Å². The van der Waals surface area contributed by atoms with E-state index in [4.69, 9.17) is 10.3 Å². The zero-order chi connectivity index (χ0) is 8.48. The molecule has 0 unspecified atom stereocenters. The standard InChI is InChI=1S/C6H7NO3S.Li.H/c7-5-1-3-6(4-2-5)11(8,9)10;;/h1-4H,7H2,(H,8,9,10);;. The van der Waals surface area contributed by atoms with Crippen molar-refractivity contribution in [2.75, 3.05) is 5.73 Å². The summed E-state index contributed by atoms with van der Waals surface area (Å²) in [6, 6.07) is 5.29. The molecule has 0 saturated carbocycles. The van der Waals surface area contributed by atoms with Crippen molar-refractivity contribution in [3.63, 3.8) is 0 Å². The number of hydrogen-bond acceptors (Lipinski definition) is 3. The van der Waals surface area contributed by atoms with Crippen molar-refractivity contribution in [3.05, 3.63) is 24.3 Å². The molecule has 0 spiro atoms. The summed E-state index contributed by atoms with van der Waals surface area (Å²) in [5, 5.41) is 0. The second-order valence-corrected chi connectivity index (χ2v) is 3.47. The minimum atomic E-state index is -4.08. The van der Waals surface area contributed by atoms with Gasteiger partial charge in [0.25, 0.3) is 10.1 Å². The average molecular weight is 181 g/mol. The SMILES string of the molecule is Nc1ccc(S(=O)(=O)O)cc1.[LiH]. The summed E-state index contributed by atoms with van der Waals surface area (Å²) in [5.74, 6) is 0. The monoisotopic (exact) mass is 181 g/mol. The van der Waals surface area contributed by atoms with Crippen LogP contribution in [0.2, 0.25) is 0 Å². The minimum absolute atomic E-state index is 0. The van der Waals surface area contributed by atoms with Gasteiger partial charge in [-0.05, 0) is 24.3 Å². The molecular formula is C6H8LiNO3S. The Hall–Kier alpha value is -0.473. The van der Waals surface area contributed by atoms with Gasteiger partial charge in [-0.2, -0.15) is 8.42 Å². The van der Waals surface area contributed by atoms with Gasteiger partial charge < -0.3 is 5.73 Å². The Morgan fingerprint density at radius 3 is 1.92 bits per heavy atom. The molecule has 1 rings (SSSR count). The summed E-state index contributed by atoms with van der Waals surface area (Å²) in [6.07, 6.45) is 0. The molecule has 1 aromatic carbocycles. The van der Waals surface area contributed by atoms with Crippen molar-refractivity contribution in [1.29, 1.82) is 0 Å². The van der Waals surface area contributed by atoms with Gasteiger partial charge in [-0.3, -0.25) is 4.55 Å². The second kappa shape index (κ2) is 3.96. The first-order valence-electron chi connectivity index (χ1n) is 2.83. The molecule has 1 aromatic rings. The third-order valence-corrected chi connectivity index (χ3v) is 2.05. The van der Waals surface area contributed by atoms with Gasteiger partial charge in [0.2, 0.25) is 0 Å². The van der Waals surface area contributed by atoms with E-state index in [1.54, 1.807) is 0 Å². The summed E-state index contributed by atoms with van der Waals surface area (Å²) in [7, 11) is -4.08. The number of benzene rings is 1. The fourth-order valence-electron chi connectivity index (χ4n) is 0.640. The quantitative estimate of drug-likeness (QED) is 0.359. The van der Waals surface area contributed by atoms with E-state index in [2.05, 4.69) is 0 Å². The maximum atomic E-state index is 10.5. The fraction of sp³-hybridized carbons (Fsp3) is 0. The summed E-state index contributed by atoms with van der Waals surface area (Å²) in [5.41, 5.74) is 5.75. The van der Waals surface area contributed by atoms with E-state index in [1.165, 1.54) is 24.3 Å². The van der Waals surface area contributed by atoms with Crippen LogP contribution in [-0.2, 0) is 10.1 Å². The molecule has 0 fully saturated rings. The molecule has 12 heavy (non-hydrogen) atoms. The van der Waals surface area contributed by atoms with Crippen molar-refractivity contribution in [3.8, 4) is 0 Å².